The number of rotatable bonds is 5. The van der Waals surface area contributed by atoms with Gasteiger partial charge in [-0.15, -0.1) is 10.2 Å². The van der Waals surface area contributed by atoms with Crippen molar-refractivity contribution in [1.82, 2.24) is 15.1 Å². The van der Waals surface area contributed by atoms with Crippen molar-refractivity contribution in [2.24, 2.45) is 5.92 Å². The number of methoxy groups -OCH3 is 1. The maximum Gasteiger partial charge on any atom is 0.286 e. The third kappa shape index (κ3) is 4.63. The third-order valence-corrected chi connectivity index (χ3v) is 5.72. The van der Waals surface area contributed by atoms with Gasteiger partial charge in [0.25, 0.3) is 5.91 Å². The Hall–Kier alpha value is -2.48. The first-order valence-corrected chi connectivity index (χ1v) is 9.87. The highest BCUT2D eigenvalue weighted by molar-refractivity contribution is 7.13. The van der Waals surface area contributed by atoms with Crippen LogP contribution in [-0.4, -0.2) is 47.1 Å². The second-order valence-electron chi connectivity index (χ2n) is 6.88. The lowest BCUT2D eigenvalue weighted by Gasteiger charge is -2.32. The Morgan fingerprint density at radius 2 is 1.85 bits per heavy atom. The van der Waals surface area contributed by atoms with E-state index in [0.29, 0.717) is 10.7 Å². The Balaban J connectivity index is 1.58. The zero-order valence-electron chi connectivity index (χ0n) is 15.8. The van der Waals surface area contributed by atoms with Gasteiger partial charge in [0, 0.05) is 30.6 Å². The molecule has 0 radical (unpaired) electrons. The van der Waals surface area contributed by atoms with Crippen molar-refractivity contribution >= 4 is 28.8 Å². The predicted octanol–water partition coefficient (Wildman–Crippen LogP) is 3.16. The second kappa shape index (κ2) is 8.47. The highest BCUT2D eigenvalue weighted by Gasteiger charge is 2.27. The van der Waals surface area contributed by atoms with Gasteiger partial charge in [0.1, 0.15) is 10.8 Å². The highest BCUT2D eigenvalue weighted by Crippen LogP contribution is 2.31. The molecule has 0 atom stereocenters. The zero-order valence-corrected chi connectivity index (χ0v) is 16.6. The fourth-order valence-electron chi connectivity index (χ4n) is 3.06. The summed E-state index contributed by atoms with van der Waals surface area (Å²) in [4.78, 5) is 26.4. The van der Waals surface area contributed by atoms with E-state index in [2.05, 4.69) is 15.5 Å². The summed E-state index contributed by atoms with van der Waals surface area (Å²) in [5, 5.41) is 12.3. The van der Waals surface area contributed by atoms with Gasteiger partial charge in [0.05, 0.1) is 7.11 Å². The summed E-state index contributed by atoms with van der Waals surface area (Å²) >= 11 is 1.33. The molecule has 3 rings (SSSR count). The summed E-state index contributed by atoms with van der Waals surface area (Å²) in [5.74, 6) is 0.938. The molecule has 1 aliphatic rings. The van der Waals surface area contributed by atoms with Crippen LogP contribution in [0.4, 0.5) is 5.69 Å². The number of hydrogen-bond acceptors (Lipinski definition) is 6. The van der Waals surface area contributed by atoms with Crippen LogP contribution < -0.4 is 10.1 Å². The van der Waals surface area contributed by atoms with Crippen LogP contribution >= 0.6 is 11.3 Å². The van der Waals surface area contributed by atoms with Gasteiger partial charge in [0.15, 0.2) is 0 Å². The molecule has 0 unspecified atom stereocenters. The quantitative estimate of drug-likeness (QED) is 0.850. The second-order valence-corrected chi connectivity index (χ2v) is 7.89. The molecule has 1 N–H and O–H groups in total. The smallest absolute Gasteiger partial charge is 0.286 e. The molecule has 0 saturated carbocycles. The van der Waals surface area contributed by atoms with Crippen molar-refractivity contribution in [3.05, 3.63) is 34.3 Å². The summed E-state index contributed by atoms with van der Waals surface area (Å²) in [6, 6.07) is 7.13. The first kappa shape index (κ1) is 19.3. The van der Waals surface area contributed by atoms with Crippen LogP contribution in [0.5, 0.6) is 5.75 Å². The average Bonchev–Trinajstić information content (AvgIpc) is 3.18. The average molecular weight is 388 g/mol. The van der Waals surface area contributed by atoms with Crippen molar-refractivity contribution < 1.29 is 14.3 Å². The van der Waals surface area contributed by atoms with E-state index in [1.165, 1.54) is 11.3 Å². The molecule has 1 aliphatic heterocycles. The minimum absolute atomic E-state index is 0.0244. The maximum atomic E-state index is 12.4. The van der Waals surface area contributed by atoms with Gasteiger partial charge in [-0.25, -0.2) is 0 Å². The van der Waals surface area contributed by atoms with Crippen LogP contribution in [0.2, 0.25) is 0 Å². The molecule has 8 heteroatoms. The Labute approximate surface area is 162 Å². The standard InChI is InChI=1S/C19H24N4O3S/c1-12(2)19(25)23-10-8-13(9-11-23)17-21-22-18(27-17)16(24)20-14-4-6-15(26-3)7-5-14/h4-7,12-13H,8-11H2,1-3H3,(H,20,24). The molecule has 1 aromatic heterocycles. The van der Waals surface area contributed by atoms with Crippen molar-refractivity contribution in [3.63, 3.8) is 0 Å². The van der Waals surface area contributed by atoms with Crippen molar-refractivity contribution in [1.29, 1.82) is 0 Å². The minimum Gasteiger partial charge on any atom is -0.497 e. The molecular weight excluding hydrogens is 364 g/mol. The molecule has 0 aliphatic carbocycles. The van der Waals surface area contributed by atoms with Crippen molar-refractivity contribution in [2.45, 2.75) is 32.6 Å². The van der Waals surface area contributed by atoms with E-state index in [0.717, 1.165) is 36.7 Å². The number of aromatic nitrogens is 2. The van der Waals surface area contributed by atoms with E-state index >= 15 is 0 Å². The van der Waals surface area contributed by atoms with Crippen LogP contribution in [-0.2, 0) is 4.79 Å². The molecule has 27 heavy (non-hydrogen) atoms. The lowest BCUT2D eigenvalue weighted by molar-refractivity contribution is -0.135. The highest BCUT2D eigenvalue weighted by atomic mass is 32.1. The van der Waals surface area contributed by atoms with Crippen molar-refractivity contribution in [3.8, 4) is 5.75 Å². The summed E-state index contributed by atoms with van der Waals surface area (Å²) in [6.45, 7) is 5.31. The Morgan fingerprint density at radius 3 is 2.44 bits per heavy atom. The number of amides is 2. The summed E-state index contributed by atoms with van der Waals surface area (Å²) in [6.07, 6.45) is 1.71. The fourth-order valence-corrected chi connectivity index (χ4v) is 3.97. The molecule has 1 saturated heterocycles. The molecule has 2 aromatic rings. The molecule has 0 spiro atoms. The van der Waals surface area contributed by atoms with Gasteiger partial charge >= 0.3 is 0 Å². The van der Waals surface area contributed by atoms with E-state index in [1.807, 2.05) is 18.7 Å². The zero-order chi connectivity index (χ0) is 19.4. The lowest BCUT2D eigenvalue weighted by Crippen LogP contribution is -2.40. The number of hydrogen-bond donors (Lipinski definition) is 1. The van der Waals surface area contributed by atoms with Crippen LogP contribution in [0, 0.1) is 5.92 Å². The molecular formula is C19H24N4O3S. The van der Waals surface area contributed by atoms with Gasteiger partial charge in [-0.2, -0.15) is 0 Å². The number of ether oxygens (including phenoxy) is 1. The SMILES string of the molecule is COc1ccc(NC(=O)c2nnc(C3CCN(C(=O)C(C)C)CC3)s2)cc1. The van der Waals surface area contributed by atoms with E-state index in [9.17, 15) is 9.59 Å². The monoisotopic (exact) mass is 388 g/mol. The summed E-state index contributed by atoms with van der Waals surface area (Å²) in [7, 11) is 1.60. The predicted molar refractivity (Wildman–Crippen MR) is 104 cm³/mol. The number of benzene rings is 1. The van der Waals surface area contributed by atoms with E-state index in [1.54, 1.807) is 31.4 Å². The van der Waals surface area contributed by atoms with Gasteiger partial charge in [-0.05, 0) is 37.1 Å². The number of carbonyl (C=O) groups excluding carboxylic acids is 2. The minimum atomic E-state index is -0.267. The Morgan fingerprint density at radius 1 is 1.19 bits per heavy atom. The number of likely N-dealkylation sites (tertiary alicyclic amines) is 1. The van der Waals surface area contributed by atoms with Crippen molar-refractivity contribution in [2.75, 3.05) is 25.5 Å². The topological polar surface area (TPSA) is 84.4 Å². The summed E-state index contributed by atoms with van der Waals surface area (Å²) in [5.41, 5.74) is 0.679. The number of nitrogens with zero attached hydrogens (tertiary/aromatic N) is 3. The molecule has 7 nitrogen and oxygen atoms in total. The largest absolute Gasteiger partial charge is 0.497 e. The van der Waals surface area contributed by atoms with Gasteiger partial charge in [-0.3, -0.25) is 9.59 Å². The number of carbonyl (C=O) groups is 2. The molecule has 2 heterocycles. The number of anilines is 1. The normalized spacial score (nSPS) is 15.0. The van der Waals surface area contributed by atoms with Gasteiger partial charge < -0.3 is 15.0 Å². The number of nitrogens with one attached hydrogen (secondary N) is 1. The van der Waals surface area contributed by atoms with E-state index in [-0.39, 0.29) is 23.7 Å². The third-order valence-electron chi connectivity index (χ3n) is 4.63. The Bertz CT molecular complexity index is 796. The Kier molecular flexibility index (Phi) is 6.05. The van der Waals surface area contributed by atoms with Gasteiger partial charge in [0.2, 0.25) is 10.9 Å². The van der Waals surface area contributed by atoms with E-state index in [4.69, 9.17) is 4.74 Å². The maximum absolute atomic E-state index is 12.4. The molecule has 2 amide bonds. The van der Waals surface area contributed by atoms with Crippen LogP contribution in [0.1, 0.15) is 47.4 Å². The fraction of sp³-hybridized carbons (Fsp3) is 0.474. The van der Waals surface area contributed by atoms with Crippen LogP contribution in [0.25, 0.3) is 0 Å². The first-order chi connectivity index (χ1) is 13.0. The van der Waals surface area contributed by atoms with Gasteiger partial charge in [-0.1, -0.05) is 25.2 Å². The summed E-state index contributed by atoms with van der Waals surface area (Å²) < 4.78 is 5.11. The van der Waals surface area contributed by atoms with E-state index < -0.39 is 0 Å². The molecule has 1 aromatic carbocycles. The van der Waals surface area contributed by atoms with Crippen LogP contribution in [0.3, 0.4) is 0 Å². The number of piperidine rings is 1. The first-order valence-electron chi connectivity index (χ1n) is 9.05. The molecule has 144 valence electrons. The molecule has 1 fully saturated rings. The lowest BCUT2D eigenvalue weighted by atomic mass is 9.97. The van der Waals surface area contributed by atoms with Crippen LogP contribution in [0.15, 0.2) is 24.3 Å². The molecule has 0 bridgehead atoms.